The van der Waals surface area contributed by atoms with Crippen LogP contribution in [0.4, 0.5) is 4.39 Å². The van der Waals surface area contributed by atoms with Crippen LogP contribution < -0.4 is 10.3 Å². The van der Waals surface area contributed by atoms with Gasteiger partial charge in [-0.3, -0.25) is 14.2 Å². The Morgan fingerprint density at radius 2 is 1.69 bits per heavy atom. The SMILES string of the molecule is C/C=C(\C=C/c1ncc(C)[nH]1)Oc1ccc(C)cc1F.CC.CC.CCc1ccc(C(C)=O)c(=O)n1-c1ccccc1. The van der Waals surface area contributed by atoms with E-state index in [2.05, 4.69) is 9.97 Å². The fourth-order valence-electron chi connectivity index (χ4n) is 3.66. The average molecular weight is 574 g/mol. The van der Waals surface area contributed by atoms with Crippen molar-refractivity contribution in [3.8, 4) is 11.4 Å². The first-order chi connectivity index (χ1) is 20.2. The summed E-state index contributed by atoms with van der Waals surface area (Å²) in [6.07, 6.45) is 7.79. The van der Waals surface area contributed by atoms with Gasteiger partial charge in [-0.2, -0.15) is 0 Å². The molecule has 6 nitrogen and oxygen atoms in total. The number of halogens is 1. The molecule has 1 N–H and O–H groups in total. The van der Waals surface area contributed by atoms with Gasteiger partial charge in [0.1, 0.15) is 11.6 Å². The highest BCUT2D eigenvalue weighted by molar-refractivity contribution is 5.93. The molecule has 0 amide bonds. The highest BCUT2D eigenvalue weighted by Crippen LogP contribution is 2.21. The molecule has 224 valence electrons. The molecule has 2 aromatic heterocycles. The topological polar surface area (TPSA) is 77.0 Å². The number of ether oxygens (including phenoxy) is 1. The van der Waals surface area contributed by atoms with Gasteiger partial charge < -0.3 is 9.72 Å². The van der Waals surface area contributed by atoms with Crippen molar-refractivity contribution in [1.29, 1.82) is 0 Å². The molecular formula is C35H44FN3O3. The fraction of sp³-hybridized carbons (Fsp3) is 0.286. The first kappa shape index (κ1) is 35.5. The number of nitrogens with zero attached hydrogens (tertiary/aromatic N) is 2. The van der Waals surface area contributed by atoms with E-state index < -0.39 is 0 Å². The largest absolute Gasteiger partial charge is 0.455 e. The Labute approximate surface area is 249 Å². The molecule has 4 rings (SSSR count). The van der Waals surface area contributed by atoms with E-state index in [9.17, 15) is 14.0 Å². The first-order valence-electron chi connectivity index (χ1n) is 14.3. The summed E-state index contributed by atoms with van der Waals surface area (Å²) < 4.78 is 20.9. The van der Waals surface area contributed by atoms with E-state index in [4.69, 9.17) is 4.74 Å². The number of nitrogens with one attached hydrogen (secondary N) is 1. The maximum Gasteiger partial charge on any atom is 0.266 e. The zero-order chi connectivity index (χ0) is 31.7. The Morgan fingerprint density at radius 1 is 1.02 bits per heavy atom. The number of H-pyrrole nitrogens is 1. The number of pyridine rings is 1. The maximum atomic E-state index is 13.7. The van der Waals surface area contributed by atoms with Crippen molar-refractivity contribution in [2.45, 2.75) is 68.7 Å². The lowest BCUT2D eigenvalue weighted by Gasteiger charge is -2.12. The van der Waals surface area contributed by atoms with Crippen LogP contribution in [0.3, 0.4) is 0 Å². The maximum absolute atomic E-state index is 13.7. The minimum atomic E-state index is -0.369. The number of para-hydroxylation sites is 1. The number of aryl methyl sites for hydroxylation is 3. The summed E-state index contributed by atoms with van der Waals surface area (Å²) in [6, 6.07) is 17.7. The number of hydrogen-bond acceptors (Lipinski definition) is 4. The molecule has 0 radical (unpaired) electrons. The molecule has 0 saturated heterocycles. The number of Topliss-reactive ketones (excluding diaryl/α,β-unsaturated/α-hetero) is 1. The molecule has 0 aliphatic rings. The number of carbonyl (C=O) groups is 1. The second kappa shape index (κ2) is 18.8. The van der Waals surface area contributed by atoms with Gasteiger partial charge in [-0.1, -0.05) is 58.9 Å². The molecule has 0 fully saturated rings. The van der Waals surface area contributed by atoms with Gasteiger partial charge in [-0.15, -0.1) is 0 Å². The smallest absolute Gasteiger partial charge is 0.266 e. The Morgan fingerprint density at radius 3 is 2.21 bits per heavy atom. The lowest BCUT2D eigenvalue weighted by atomic mass is 10.1. The van der Waals surface area contributed by atoms with Crippen molar-refractivity contribution in [3.05, 3.63) is 129 Å². The number of carbonyl (C=O) groups excluding carboxylic acids is 1. The monoisotopic (exact) mass is 573 g/mol. The average Bonchev–Trinajstić information content (AvgIpc) is 3.43. The quantitative estimate of drug-likeness (QED) is 0.136. The molecule has 0 bridgehead atoms. The number of ketones is 1. The molecule has 7 heteroatoms. The second-order valence-electron chi connectivity index (χ2n) is 8.64. The predicted molar refractivity (Wildman–Crippen MR) is 172 cm³/mol. The summed E-state index contributed by atoms with van der Waals surface area (Å²) in [5.41, 5.74) is 3.53. The van der Waals surface area contributed by atoms with Crippen LogP contribution in [0.2, 0.25) is 0 Å². The van der Waals surface area contributed by atoms with Gasteiger partial charge in [-0.05, 0) is 94.3 Å². The first-order valence-corrected chi connectivity index (χ1v) is 14.3. The van der Waals surface area contributed by atoms with E-state index in [1.807, 2.05) is 97.9 Å². The fourth-order valence-corrected chi connectivity index (χ4v) is 3.66. The van der Waals surface area contributed by atoms with Crippen LogP contribution >= 0.6 is 0 Å². The minimum Gasteiger partial charge on any atom is -0.455 e. The number of allylic oxidation sites excluding steroid dienone is 2. The van der Waals surface area contributed by atoms with Crippen LogP contribution in [-0.4, -0.2) is 20.3 Å². The van der Waals surface area contributed by atoms with Crippen molar-refractivity contribution >= 4 is 11.9 Å². The van der Waals surface area contributed by atoms with Crippen molar-refractivity contribution in [2.75, 3.05) is 0 Å². The van der Waals surface area contributed by atoms with Gasteiger partial charge in [0.25, 0.3) is 5.56 Å². The molecular weight excluding hydrogens is 529 g/mol. The zero-order valence-electron chi connectivity index (χ0n) is 26.3. The molecule has 2 heterocycles. The number of hydrogen-bond donors (Lipinski definition) is 1. The van der Waals surface area contributed by atoms with Gasteiger partial charge in [-0.25, -0.2) is 9.37 Å². The molecule has 0 aliphatic heterocycles. The van der Waals surface area contributed by atoms with Crippen LogP contribution in [0.25, 0.3) is 11.8 Å². The minimum absolute atomic E-state index is 0.202. The summed E-state index contributed by atoms with van der Waals surface area (Å²) in [6.45, 7) is 17.0. The zero-order valence-corrected chi connectivity index (χ0v) is 26.3. The summed E-state index contributed by atoms with van der Waals surface area (Å²) in [4.78, 5) is 31.0. The van der Waals surface area contributed by atoms with Gasteiger partial charge >= 0.3 is 0 Å². The van der Waals surface area contributed by atoms with Crippen LogP contribution in [0.15, 0.2) is 89.6 Å². The van der Waals surface area contributed by atoms with Gasteiger partial charge in [0.2, 0.25) is 0 Å². The van der Waals surface area contributed by atoms with E-state index >= 15 is 0 Å². The third kappa shape index (κ3) is 10.5. The van der Waals surface area contributed by atoms with E-state index in [-0.39, 0.29) is 28.5 Å². The Hall–Kier alpha value is -4.52. The molecule has 42 heavy (non-hydrogen) atoms. The number of aromatic nitrogens is 3. The third-order valence-corrected chi connectivity index (χ3v) is 5.65. The molecule has 0 spiro atoms. The highest BCUT2D eigenvalue weighted by Gasteiger charge is 2.12. The van der Waals surface area contributed by atoms with Crippen LogP contribution in [0.1, 0.15) is 81.6 Å². The predicted octanol–water partition coefficient (Wildman–Crippen LogP) is 8.82. The van der Waals surface area contributed by atoms with Crippen LogP contribution in [-0.2, 0) is 6.42 Å². The van der Waals surface area contributed by atoms with Gasteiger partial charge in [0.15, 0.2) is 17.3 Å². The van der Waals surface area contributed by atoms with Crippen molar-refractivity contribution in [1.82, 2.24) is 14.5 Å². The van der Waals surface area contributed by atoms with E-state index in [1.165, 1.54) is 13.0 Å². The van der Waals surface area contributed by atoms with Crippen molar-refractivity contribution in [3.63, 3.8) is 0 Å². The number of imidazole rings is 1. The number of benzene rings is 2. The molecule has 2 aromatic carbocycles. The molecule has 0 saturated carbocycles. The summed E-state index contributed by atoms with van der Waals surface area (Å²) in [5, 5.41) is 0. The molecule has 0 atom stereocenters. The standard InChI is InChI=1S/C16H17FN2O.C15H15NO2.2C2H6/c1-4-13(6-8-16-18-10-12(3)19-16)20-15-7-5-11(2)9-14(15)17;1-3-12-9-10-14(11(2)17)15(18)16(12)13-7-5-4-6-8-13;2*1-2/h4-10H,1-3H3,(H,18,19);4-10H,3H2,1-2H3;2*1-2H3/b8-6-,13-4+;;;. The Kier molecular flexibility index (Phi) is 15.9. The van der Waals surface area contributed by atoms with Crippen molar-refractivity contribution < 1.29 is 13.9 Å². The lowest BCUT2D eigenvalue weighted by molar-refractivity contribution is 0.101. The normalized spacial score (nSPS) is 10.5. The van der Waals surface area contributed by atoms with Crippen LogP contribution in [0, 0.1) is 19.7 Å². The molecule has 0 aliphatic carbocycles. The number of aromatic amines is 1. The Balaban J connectivity index is 0.000000377. The van der Waals surface area contributed by atoms with Crippen LogP contribution in [0.5, 0.6) is 5.75 Å². The molecule has 0 unspecified atom stereocenters. The Bertz CT molecular complexity index is 1520. The molecule has 4 aromatic rings. The van der Waals surface area contributed by atoms with Crippen molar-refractivity contribution in [2.24, 2.45) is 0 Å². The highest BCUT2D eigenvalue weighted by atomic mass is 19.1. The van der Waals surface area contributed by atoms with Gasteiger partial charge in [0, 0.05) is 23.3 Å². The second-order valence-corrected chi connectivity index (χ2v) is 8.64. The van der Waals surface area contributed by atoms with E-state index in [0.717, 1.165) is 34.9 Å². The summed E-state index contributed by atoms with van der Waals surface area (Å²) >= 11 is 0. The van der Waals surface area contributed by atoms with E-state index in [1.54, 1.807) is 41.1 Å². The third-order valence-electron chi connectivity index (χ3n) is 5.65. The number of rotatable bonds is 7. The summed E-state index contributed by atoms with van der Waals surface area (Å²) in [7, 11) is 0. The summed E-state index contributed by atoms with van der Waals surface area (Å²) in [5.74, 6) is 0.930. The van der Waals surface area contributed by atoms with E-state index in [0.29, 0.717) is 5.76 Å². The van der Waals surface area contributed by atoms with Gasteiger partial charge in [0.05, 0.1) is 5.56 Å². The lowest BCUT2D eigenvalue weighted by Crippen LogP contribution is -2.26.